The Bertz CT molecular complexity index is 1350. The molecule has 1 aliphatic heterocycles. The number of hydrogen-bond acceptors (Lipinski definition) is 4. The fourth-order valence-electron chi connectivity index (χ4n) is 4.69. The van der Waals surface area contributed by atoms with Crippen LogP contribution >= 0.6 is 0 Å². The molecular weight excluding hydrogens is 414 g/mol. The molecule has 1 aromatic heterocycles. The summed E-state index contributed by atoms with van der Waals surface area (Å²) in [4.78, 5) is 27.5. The number of ketones is 1. The number of hydrogen-bond donors (Lipinski definition) is 0. The first-order valence-electron chi connectivity index (χ1n) is 11.3. The number of aryl methyl sites for hydroxylation is 1. The topological polar surface area (TPSA) is 68.4 Å². The molecule has 1 fully saturated rings. The van der Waals surface area contributed by atoms with Gasteiger partial charge in [-0.2, -0.15) is 0 Å². The lowest BCUT2D eigenvalue weighted by atomic mass is 10.0. The molecule has 1 saturated heterocycles. The van der Waals surface area contributed by atoms with Gasteiger partial charge in [-0.3, -0.25) is 14.9 Å². The third kappa shape index (κ3) is 3.89. The lowest BCUT2D eigenvalue weighted by Gasteiger charge is -2.29. The quantitative estimate of drug-likeness (QED) is 0.215. The molecule has 6 heteroatoms. The van der Waals surface area contributed by atoms with Crippen LogP contribution in [-0.4, -0.2) is 28.4 Å². The van der Waals surface area contributed by atoms with E-state index in [9.17, 15) is 14.9 Å². The Kier molecular flexibility index (Phi) is 5.42. The minimum absolute atomic E-state index is 0.125. The second-order valence-electron chi connectivity index (χ2n) is 8.60. The van der Waals surface area contributed by atoms with E-state index in [1.165, 1.54) is 12.5 Å². The van der Waals surface area contributed by atoms with E-state index in [4.69, 9.17) is 0 Å². The van der Waals surface area contributed by atoms with Crippen molar-refractivity contribution in [2.75, 3.05) is 18.0 Å². The van der Waals surface area contributed by atoms with E-state index in [1.807, 2.05) is 66.1 Å². The van der Waals surface area contributed by atoms with Gasteiger partial charge in [0.15, 0.2) is 0 Å². The van der Waals surface area contributed by atoms with Crippen LogP contribution in [-0.2, 0) is 0 Å². The predicted octanol–water partition coefficient (Wildman–Crippen LogP) is 6.07. The zero-order valence-electron chi connectivity index (χ0n) is 18.5. The Hall–Kier alpha value is -3.93. The van der Waals surface area contributed by atoms with E-state index in [-0.39, 0.29) is 17.0 Å². The van der Waals surface area contributed by atoms with E-state index in [0.29, 0.717) is 5.69 Å². The first kappa shape index (κ1) is 20.9. The number of piperidine rings is 1. The maximum atomic E-state index is 13.9. The van der Waals surface area contributed by atoms with Crippen LogP contribution in [0.3, 0.4) is 0 Å². The van der Waals surface area contributed by atoms with Gasteiger partial charge < -0.3 is 9.47 Å². The van der Waals surface area contributed by atoms with E-state index < -0.39 is 4.92 Å². The number of carbonyl (C=O) groups excluding carboxylic acids is 1. The van der Waals surface area contributed by atoms with Gasteiger partial charge in [-0.25, -0.2) is 0 Å². The minimum atomic E-state index is -0.465. The second kappa shape index (κ2) is 8.54. The molecule has 0 unspecified atom stereocenters. The molecule has 33 heavy (non-hydrogen) atoms. The summed E-state index contributed by atoms with van der Waals surface area (Å²) >= 11 is 0. The van der Waals surface area contributed by atoms with Gasteiger partial charge in [0.1, 0.15) is 5.56 Å². The van der Waals surface area contributed by atoms with Gasteiger partial charge in [0, 0.05) is 35.9 Å². The average Bonchev–Trinajstić information content (AvgIpc) is 3.22. The molecule has 3 aromatic carbocycles. The molecule has 0 radical (unpaired) electrons. The number of anilines is 1. The van der Waals surface area contributed by atoms with Gasteiger partial charge in [-0.15, -0.1) is 0 Å². The number of fused-ring (bicyclic) bond motifs is 1. The molecule has 0 saturated carbocycles. The molecule has 0 aliphatic carbocycles. The third-order valence-electron chi connectivity index (χ3n) is 6.35. The first-order chi connectivity index (χ1) is 16.0. The van der Waals surface area contributed by atoms with Crippen molar-refractivity contribution in [1.29, 1.82) is 0 Å². The highest BCUT2D eigenvalue weighted by Crippen LogP contribution is 2.32. The van der Waals surface area contributed by atoms with E-state index in [0.717, 1.165) is 53.8 Å². The first-order valence-corrected chi connectivity index (χ1v) is 11.3. The average molecular weight is 440 g/mol. The highest BCUT2D eigenvalue weighted by Gasteiger charge is 2.27. The Morgan fingerprint density at radius 3 is 2.36 bits per heavy atom. The molecule has 0 amide bonds. The number of carbonyl (C=O) groups is 1. The third-order valence-corrected chi connectivity index (χ3v) is 6.35. The highest BCUT2D eigenvalue weighted by molar-refractivity contribution is 6.13. The molecule has 2 heterocycles. The standard InChI is InChI=1S/C27H25N3O3/c1-19-10-11-20-17-26(29(25(20)16-19)21-8-4-2-5-9-21)27(31)23-18-22(12-13-24(23)30(32)33)28-14-6-3-7-15-28/h2,4-5,8-13,16-18H,3,6-7,14-15H2,1H3. The van der Waals surface area contributed by atoms with Gasteiger partial charge in [-0.1, -0.05) is 30.3 Å². The van der Waals surface area contributed by atoms with Crippen molar-refractivity contribution in [2.24, 2.45) is 0 Å². The van der Waals surface area contributed by atoms with Crippen molar-refractivity contribution in [1.82, 2.24) is 4.57 Å². The molecule has 6 nitrogen and oxygen atoms in total. The summed E-state index contributed by atoms with van der Waals surface area (Å²) in [6, 6.07) is 22.4. The number of nitro groups is 1. The van der Waals surface area contributed by atoms with Crippen LogP contribution < -0.4 is 4.90 Å². The summed E-state index contributed by atoms with van der Waals surface area (Å²) in [5.74, 6) is -0.349. The van der Waals surface area contributed by atoms with Crippen molar-refractivity contribution < 1.29 is 9.72 Å². The highest BCUT2D eigenvalue weighted by atomic mass is 16.6. The predicted molar refractivity (Wildman–Crippen MR) is 131 cm³/mol. The van der Waals surface area contributed by atoms with Crippen LogP contribution in [0, 0.1) is 17.0 Å². The normalized spacial score (nSPS) is 13.9. The van der Waals surface area contributed by atoms with Crippen LogP contribution in [0.25, 0.3) is 16.6 Å². The lowest BCUT2D eigenvalue weighted by Crippen LogP contribution is -2.29. The van der Waals surface area contributed by atoms with Crippen LogP contribution in [0.2, 0.25) is 0 Å². The summed E-state index contributed by atoms with van der Waals surface area (Å²) in [6.07, 6.45) is 3.36. The number of rotatable bonds is 5. The zero-order chi connectivity index (χ0) is 22.9. The van der Waals surface area contributed by atoms with E-state index >= 15 is 0 Å². The molecule has 4 aromatic rings. The molecule has 0 N–H and O–H groups in total. The summed E-state index contributed by atoms with van der Waals surface area (Å²) in [7, 11) is 0. The second-order valence-corrected chi connectivity index (χ2v) is 8.60. The largest absolute Gasteiger partial charge is 0.372 e. The maximum Gasteiger partial charge on any atom is 0.280 e. The van der Waals surface area contributed by atoms with Crippen molar-refractivity contribution in [3.05, 3.63) is 99.7 Å². The van der Waals surface area contributed by atoms with Crippen molar-refractivity contribution in [3.8, 4) is 5.69 Å². The van der Waals surface area contributed by atoms with Crippen LogP contribution in [0.1, 0.15) is 40.9 Å². The van der Waals surface area contributed by atoms with Crippen LogP contribution in [0.4, 0.5) is 11.4 Å². The van der Waals surface area contributed by atoms with Crippen LogP contribution in [0.5, 0.6) is 0 Å². The molecule has 0 bridgehead atoms. The van der Waals surface area contributed by atoms with Gasteiger partial charge in [0.05, 0.1) is 16.1 Å². The van der Waals surface area contributed by atoms with Crippen molar-refractivity contribution in [2.45, 2.75) is 26.2 Å². The molecule has 0 atom stereocenters. The number of nitro benzene ring substituents is 1. The fraction of sp³-hybridized carbons (Fsp3) is 0.222. The van der Waals surface area contributed by atoms with Gasteiger partial charge in [-0.05, 0) is 68.1 Å². The molecule has 0 spiro atoms. The van der Waals surface area contributed by atoms with Crippen molar-refractivity contribution in [3.63, 3.8) is 0 Å². The smallest absolute Gasteiger partial charge is 0.280 e. The van der Waals surface area contributed by atoms with Crippen LogP contribution in [0.15, 0.2) is 72.8 Å². The fourth-order valence-corrected chi connectivity index (χ4v) is 4.69. The molecule has 5 rings (SSSR count). The molecule has 1 aliphatic rings. The molecule has 166 valence electrons. The van der Waals surface area contributed by atoms with E-state index in [2.05, 4.69) is 4.90 Å². The van der Waals surface area contributed by atoms with Crippen molar-refractivity contribution >= 4 is 28.1 Å². The lowest BCUT2D eigenvalue weighted by molar-refractivity contribution is -0.385. The number of para-hydroxylation sites is 1. The Morgan fingerprint density at radius 1 is 0.879 bits per heavy atom. The Morgan fingerprint density at radius 2 is 1.64 bits per heavy atom. The Balaban J connectivity index is 1.70. The monoisotopic (exact) mass is 439 g/mol. The minimum Gasteiger partial charge on any atom is -0.372 e. The number of aromatic nitrogens is 1. The van der Waals surface area contributed by atoms with Gasteiger partial charge >= 0.3 is 0 Å². The molecular formula is C27H25N3O3. The maximum absolute atomic E-state index is 13.9. The summed E-state index contributed by atoms with van der Waals surface area (Å²) in [5, 5.41) is 12.8. The number of benzene rings is 3. The zero-order valence-corrected chi connectivity index (χ0v) is 18.5. The number of nitrogens with zero attached hydrogens (tertiary/aromatic N) is 3. The SMILES string of the molecule is Cc1ccc2cc(C(=O)c3cc(N4CCCCC4)ccc3[N+](=O)[O-])n(-c3ccccc3)c2c1. The van der Waals surface area contributed by atoms with Gasteiger partial charge in [0.2, 0.25) is 5.78 Å². The van der Waals surface area contributed by atoms with E-state index in [1.54, 1.807) is 12.1 Å². The summed E-state index contributed by atoms with van der Waals surface area (Å²) in [6.45, 7) is 3.81. The summed E-state index contributed by atoms with van der Waals surface area (Å²) < 4.78 is 1.90. The van der Waals surface area contributed by atoms with Gasteiger partial charge in [0.25, 0.3) is 5.69 Å². The Labute approximate surface area is 192 Å². The summed E-state index contributed by atoms with van der Waals surface area (Å²) in [5.41, 5.74) is 4.06.